The SMILES string of the molecule is CC(C)(C)OC(=O)NCCC(=O)Nc1cccc(C#Cc2ccccc2)c1. The molecule has 2 aromatic carbocycles. The quantitative estimate of drug-likeness (QED) is 0.808. The Morgan fingerprint density at radius 2 is 1.63 bits per heavy atom. The number of carbonyl (C=O) groups is 2. The topological polar surface area (TPSA) is 67.4 Å². The lowest BCUT2D eigenvalue weighted by Crippen LogP contribution is -2.34. The van der Waals surface area contributed by atoms with E-state index in [0.717, 1.165) is 11.1 Å². The third-order valence-electron chi connectivity index (χ3n) is 3.29. The van der Waals surface area contributed by atoms with E-state index in [-0.39, 0.29) is 18.9 Å². The number of benzene rings is 2. The van der Waals surface area contributed by atoms with Gasteiger partial charge >= 0.3 is 6.09 Å². The van der Waals surface area contributed by atoms with Crippen molar-refractivity contribution in [2.45, 2.75) is 32.8 Å². The third kappa shape index (κ3) is 8.10. The highest BCUT2D eigenvalue weighted by molar-refractivity contribution is 5.91. The molecule has 2 aromatic rings. The molecule has 2 rings (SSSR count). The summed E-state index contributed by atoms with van der Waals surface area (Å²) >= 11 is 0. The Bertz CT molecular complexity index is 843. The van der Waals surface area contributed by atoms with Gasteiger partial charge in [-0.05, 0) is 51.1 Å². The van der Waals surface area contributed by atoms with Crippen LogP contribution in [0.15, 0.2) is 54.6 Å². The average Bonchev–Trinajstić information content (AvgIpc) is 2.59. The van der Waals surface area contributed by atoms with Gasteiger partial charge in [-0.1, -0.05) is 36.1 Å². The maximum Gasteiger partial charge on any atom is 0.407 e. The summed E-state index contributed by atoms with van der Waals surface area (Å²) in [5.74, 6) is 5.97. The van der Waals surface area contributed by atoms with Crippen molar-refractivity contribution in [3.63, 3.8) is 0 Å². The number of hydrogen-bond acceptors (Lipinski definition) is 3. The molecule has 27 heavy (non-hydrogen) atoms. The molecule has 0 aliphatic heterocycles. The van der Waals surface area contributed by atoms with Crippen molar-refractivity contribution in [2.24, 2.45) is 0 Å². The number of alkyl carbamates (subject to hydrolysis) is 1. The Labute approximate surface area is 160 Å². The summed E-state index contributed by atoms with van der Waals surface area (Å²) in [6.45, 7) is 5.56. The van der Waals surface area contributed by atoms with Crippen LogP contribution in [0.25, 0.3) is 0 Å². The molecule has 0 saturated carbocycles. The largest absolute Gasteiger partial charge is 0.444 e. The Hall–Kier alpha value is -3.26. The zero-order valence-corrected chi connectivity index (χ0v) is 15.8. The van der Waals surface area contributed by atoms with E-state index >= 15 is 0 Å². The summed E-state index contributed by atoms with van der Waals surface area (Å²) in [6, 6.07) is 17.0. The van der Waals surface area contributed by atoms with Crippen LogP contribution in [-0.4, -0.2) is 24.1 Å². The molecular formula is C22H24N2O3. The second kappa shape index (κ2) is 9.44. The van der Waals surface area contributed by atoms with Crippen LogP contribution in [0.4, 0.5) is 10.5 Å². The first-order chi connectivity index (χ1) is 12.8. The summed E-state index contributed by atoms with van der Waals surface area (Å²) in [5, 5.41) is 5.37. The number of carbonyl (C=O) groups excluding carboxylic acids is 2. The van der Waals surface area contributed by atoms with Crippen LogP contribution < -0.4 is 10.6 Å². The molecule has 0 aliphatic carbocycles. The monoisotopic (exact) mass is 364 g/mol. The van der Waals surface area contributed by atoms with Crippen molar-refractivity contribution in [1.29, 1.82) is 0 Å². The molecule has 0 atom stereocenters. The van der Waals surface area contributed by atoms with Crippen LogP contribution in [0.5, 0.6) is 0 Å². The van der Waals surface area contributed by atoms with Gasteiger partial charge in [-0.3, -0.25) is 4.79 Å². The molecular weight excluding hydrogens is 340 g/mol. The van der Waals surface area contributed by atoms with E-state index < -0.39 is 11.7 Å². The lowest BCUT2D eigenvalue weighted by molar-refractivity contribution is -0.116. The van der Waals surface area contributed by atoms with Crippen molar-refractivity contribution in [3.8, 4) is 11.8 Å². The van der Waals surface area contributed by atoms with Gasteiger partial charge in [0, 0.05) is 29.8 Å². The summed E-state index contributed by atoms with van der Waals surface area (Å²) in [6.07, 6.45) is -0.382. The maximum absolute atomic E-state index is 12.0. The molecule has 0 saturated heterocycles. The van der Waals surface area contributed by atoms with Crippen molar-refractivity contribution >= 4 is 17.7 Å². The van der Waals surface area contributed by atoms with Gasteiger partial charge < -0.3 is 15.4 Å². The minimum absolute atomic E-state index is 0.152. The van der Waals surface area contributed by atoms with E-state index in [2.05, 4.69) is 22.5 Å². The number of ether oxygens (including phenoxy) is 1. The van der Waals surface area contributed by atoms with Gasteiger partial charge in [0.05, 0.1) is 0 Å². The molecule has 2 N–H and O–H groups in total. The van der Waals surface area contributed by atoms with Gasteiger partial charge in [-0.2, -0.15) is 0 Å². The van der Waals surface area contributed by atoms with Gasteiger partial charge in [0.15, 0.2) is 0 Å². The molecule has 0 bridgehead atoms. The molecule has 2 amide bonds. The van der Waals surface area contributed by atoms with Gasteiger partial charge in [0.25, 0.3) is 0 Å². The summed E-state index contributed by atoms with van der Waals surface area (Å²) in [4.78, 5) is 23.6. The third-order valence-corrected chi connectivity index (χ3v) is 3.29. The van der Waals surface area contributed by atoms with Crippen molar-refractivity contribution in [2.75, 3.05) is 11.9 Å². The standard InChI is InChI=1S/C22H24N2O3/c1-22(2,3)27-21(26)23-15-14-20(25)24-19-11-7-10-18(16-19)13-12-17-8-5-4-6-9-17/h4-11,16H,14-15H2,1-3H3,(H,23,26)(H,24,25). The van der Waals surface area contributed by atoms with E-state index in [1.165, 1.54) is 0 Å². The molecule has 140 valence electrons. The van der Waals surface area contributed by atoms with E-state index in [0.29, 0.717) is 5.69 Å². The normalized spacial score (nSPS) is 10.3. The zero-order chi connectivity index (χ0) is 19.7. The van der Waals surface area contributed by atoms with Crippen LogP contribution >= 0.6 is 0 Å². The summed E-state index contributed by atoms with van der Waals surface area (Å²) < 4.78 is 5.12. The van der Waals surface area contributed by atoms with E-state index in [1.54, 1.807) is 26.8 Å². The molecule has 0 aliphatic rings. The van der Waals surface area contributed by atoms with Crippen LogP contribution in [0.3, 0.4) is 0 Å². The van der Waals surface area contributed by atoms with Gasteiger partial charge in [0.2, 0.25) is 5.91 Å². The van der Waals surface area contributed by atoms with E-state index in [4.69, 9.17) is 4.74 Å². The highest BCUT2D eigenvalue weighted by atomic mass is 16.6. The smallest absolute Gasteiger partial charge is 0.407 e. The number of amides is 2. The van der Waals surface area contributed by atoms with Gasteiger partial charge in [-0.25, -0.2) is 4.79 Å². The predicted molar refractivity (Wildman–Crippen MR) is 106 cm³/mol. The number of rotatable bonds is 4. The molecule has 0 heterocycles. The average molecular weight is 364 g/mol. The molecule has 0 radical (unpaired) electrons. The Kier molecular flexibility index (Phi) is 7.01. The van der Waals surface area contributed by atoms with Crippen LogP contribution in [0.1, 0.15) is 38.3 Å². The minimum Gasteiger partial charge on any atom is -0.444 e. The number of nitrogens with one attached hydrogen (secondary N) is 2. The number of anilines is 1. The lowest BCUT2D eigenvalue weighted by atomic mass is 10.1. The second-order valence-corrected chi connectivity index (χ2v) is 6.92. The number of hydrogen-bond donors (Lipinski definition) is 2. The molecule has 0 spiro atoms. The Balaban J connectivity index is 1.84. The molecule has 0 fully saturated rings. The highest BCUT2D eigenvalue weighted by Crippen LogP contribution is 2.11. The Morgan fingerprint density at radius 3 is 2.33 bits per heavy atom. The molecule has 0 aromatic heterocycles. The first kappa shape index (κ1) is 20.1. The second-order valence-electron chi connectivity index (χ2n) is 6.92. The fourth-order valence-electron chi connectivity index (χ4n) is 2.16. The van der Waals surface area contributed by atoms with Crippen molar-refractivity contribution < 1.29 is 14.3 Å². The zero-order valence-electron chi connectivity index (χ0n) is 15.8. The first-order valence-corrected chi connectivity index (χ1v) is 8.76. The molecule has 0 unspecified atom stereocenters. The van der Waals surface area contributed by atoms with Crippen LogP contribution in [-0.2, 0) is 9.53 Å². The van der Waals surface area contributed by atoms with Crippen LogP contribution in [0.2, 0.25) is 0 Å². The molecule has 5 nitrogen and oxygen atoms in total. The van der Waals surface area contributed by atoms with E-state index in [1.807, 2.05) is 48.5 Å². The summed E-state index contributed by atoms with van der Waals surface area (Å²) in [5.41, 5.74) is 1.84. The fourth-order valence-corrected chi connectivity index (χ4v) is 2.16. The first-order valence-electron chi connectivity index (χ1n) is 8.76. The lowest BCUT2D eigenvalue weighted by Gasteiger charge is -2.19. The highest BCUT2D eigenvalue weighted by Gasteiger charge is 2.15. The fraction of sp³-hybridized carbons (Fsp3) is 0.273. The summed E-state index contributed by atoms with van der Waals surface area (Å²) in [7, 11) is 0. The van der Waals surface area contributed by atoms with Crippen LogP contribution in [0, 0.1) is 11.8 Å². The maximum atomic E-state index is 12.0. The van der Waals surface area contributed by atoms with Crippen molar-refractivity contribution in [3.05, 3.63) is 65.7 Å². The van der Waals surface area contributed by atoms with E-state index in [9.17, 15) is 9.59 Å². The van der Waals surface area contributed by atoms with Crippen molar-refractivity contribution in [1.82, 2.24) is 5.32 Å². The minimum atomic E-state index is -0.562. The Morgan fingerprint density at radius 1 is 0.963 bits per heavy atom. The van der Waals surface area contributed by atoms with Gasteiger partial charge in [-0.15, -0.1) is 0 Å². The predicted octanol–water partition coefficient (Wildman–Crippen LogP) is 3.94. The van der Waals surface area contributed by atoms with Gasteiger partial charge in [0.1, 0.15) is 5.60 Å². The molecule has 5 heteroatoms.